The summed E-state index contributed by atoms with van der Waals surface area (Å²) < 4.78 is 33.5. The molecule has 5 nitrogen and oxygen atoms in total. The van der Waals surface area contributed by atoms with Gasteiger partial charge in [-0.15, -0.1) is 6.42 Å². The normalized spacial score (nSPS) is 10.9. The number of hydrogen-bond donors (Lipinski definition) is 1. The Kier molecular flexibility index (Phi) is 7.69. The second-order valence-electron chi connectivity index (χ2n) is 7.36. The Morgan fingerprint density at radius 2 is 1.66 bits per heavy atom. The third-order valence-electron chi connectivity index (χ3n) is 4.97. The van der Waals surface area contributed by atoms with Crippen LogP contribution in [-0.4, -0.2) is 21.0 Å². The zero-order chi connectivity index (χ0) is 23.0. The second-order valence-corrected chi connectivity index (χ2v) is 9.04. The molecule has 0 amide bonds. The van der Waals surface area contributed by atoms with E-state index < -0.39 is 16.0 Å². The Labute approximate surface area is 189 Å². The van der Waals surface area contributed by atoms with Gasteiger partial charge in [0.1, 0.15) is 0 Å². The molecular weight excluding hydrogens is 422 g/mol. The van der Waals surface area contributed by atoms with Gasteiger partial charge in [0, 0.05) is 5.56 Å². The predicted molar refractivity (Wildman–Crippen MR) is 126 cm³/mol. The Morgan fingerprint density at radius 3 is 2.41 bits per heavy atom. The second kappa shape index (κ2) is 10.7. The molecular formula is C26H25NO4S. The van der Waals surface area contributed by atoms with Crippen LogP contribution in [0.2, 0.25) is 0 Å². The third-order valence-corrected chi connectivity index (χ3v) is 6.35. The molecule has 0 bridgehead atoms. The van der Waals surface area contributed by atoms with Crippen molar-refractivity contribution in [3.05, 3.63) is 95.1 Å². The highest BCUT2D eigenvalue weighted by atomic mass is 32.2. The van der Waals surface area contributed by atoms with Gasteiger partial charge in [0.2, 0.25) is 0 Å². The van der Waals surface area contributed by atoms with Crippen LogP contribution in [0, 0.1) is 19.3 Å². The van der Waals surface area contributed by atoms with Gasteiger partial charge in [0.05, 0.1) is 22.8 Å². The number of aryl methyl sites for hydroxylation is 2. The van der Waals surface area contributed by atoms with Crippen LogP contribution in [-0.2, 0) is 21.2 Å². The number of anilines is 1. The molecule has 0 aliphatic carbocycles. The van der Waals surface area contributed by atoms with E-state index in [4.69, 9.17) is 11.2 Å². The van der Waals surface area contributed by atoms with Crippen LogP contribution in [0.25, 0.3) is 0 Å². The molecule has 164 valence electrons. The summed E-state index contributed by atoms with van der Waals surface area (Å²) in [5.41, 5.74) is 3.31. The van der Waals surface area contributed by atoms with Crippen molar-refractivity contribution in [2.75, 3.05) is 11.3 Å². The van der Waals surface area contributed by atoms with Crippen LogP contribution in [0.4, 0.5) is 5.69 Å². The highest BCUT2D eigenvalue weighted by molar-refractivity contribution is 7.92. The van der Waals surface area contributed by atoms with Crippen LogP contribution in [0.15, 0.2) is 77.7 Å². The highest BCUT2D eigenvalue weighted by Crippen LogP contribution is 2.22. The molecule has 0 aliphatic rings. The first-order valence-corrected chi connectivity index (χ1v) is 11.8. The minimum Gasteiger partial charge on any atom is -0.462 e. The number of esters is 1. The summed E-state index contributed by atoms with van der Waals surface area (Å²) in [4.78, 5) is 12.4. The molecule has 0 saturated heterocycles. The molecule has 0 saturated carbocycles. The number of terminal acetylenes is 1. The summed E-state index contributed by atoms with van der Waals surface area (Å²) in [7, 11) is -3.67. The molecule has 6 heteroatoms. The number of sulfonamides is 1. The van der Waals surface area contributed by atoms with Crippen molar-refractivity contribution in [1.82, 2.24) is 0 Å². The summed E-state index contributed by atoms with van der Waals surface area (Å²) in [6, 6.07) is 20.9. The highest BCUT2D eigenvalue weighted by Gasteiger charge is 2.16. The Balaban J connectivity index is 1.55. The van der Waals surface area contributed by atoms with Crippen molar-refractivity contribution in [2.24, 2.45) is 0 Å². The molecule has 3 rings (SSSR count). The minimum absolute atomic E-state index is 0.220. The van der Waals surface area contributed by atoms with E-state index in [1.807, 2.05) is 19.1 Å². The van der Waals surface area contributed by atoms with E-state index in [9.17, 15) is 13.2 Å². The maximum atomic E-state index is 12.7. The fraction of sp³-hybridized carbons (Fsp3) is 0.192. The molecule has 0 heterocycles. The summed E-state index contributed by atoms with van der Waals surface area (Å²) in [6.07, 6.45) is 7.44. The Morgan fingerprint density at radius 1 is 0.969 bits per heavy atom. The number of carbonyl (C=O) groups excluding carboxylic acids is 1. The standard InChI is InChI=1S/C26H25NO4S/c1-3-21-10-4-6-13-24(21)26(28)31-19-9-8-12-22-11-5-7-14-25(22)27-32(29,30)23-17-15-20(2)16-18-23/h1,4-7,10-11,13-18,27H,8-9,12,19H2,2H3. The van der Waals surface area contributed by atoms with E-state index in [0.29, 0.717) is 29.7 Å². The van der Waals surface area contributed by atoms with E-state index >= 15 is 0 Å². The van der Waals surface area contributed by atoms with Gasteiger partial charge < -0.3 is 4.74 Å². The molecule has 0 spiro atoms. The molecule has 3 aromatic carbocycles. The van der Waals surface area contributed by atoms with Crippen molar-refractivity contribution in [2.45, 2.75) is 31.1 Å². The largest absolute Gasteiger partial charge is 0.462 e. The van der Waals surface area contributed by atoms with E-state index in [2.05, 4.69) is 10.6 Å². The lowest BCUT2D eigenvalue weighted by molar-refractivity contribution is 0.0498. The summed E-state index contributed by atoms with van der Waals surface area (Å²) in [6.45, 7) is 2.17. The lowest BCUT2D eigenvalue weighted by atomic mass is 10.1. The van der Waals surface area contributed by atoms with Gasteiger partial charge in [-0.2, -0.15) is 0 Å². The maximum Gasteiger partial charge on any atom is 0.339 e. The lowest BCUT2D eigenvalue weighted by Gasteiger charge is -2.13. The third kappa shape index (κ3) is 5.99. The van der Waals surface area contributed by atoms with Gasteiger partial charge in [0.15, 0.2) is 0 Å². The quantitative estimate of drug-likeness (QED) is 0.286. The van der Waals surface area contributed by atoms with Crippen molar-refractivity contribution in [3.8, 4) is 12.3 Å². The first kappa shape index (κ1) is 23.1. The smallest absolute Gasteiger partial charge is 0.339 e. The Bertz CT molecular complexity index is 1230. The molecule has 1 N–H and O–H groups in total. The lowest BCUT2D eigenvalue weighted by Crippen LogP contribution is -2.14. The monoisotopic (exact) mass is 447 g/mol. The molecule has 0 unspecified atom stereocenters. The summed E-state index contributed by atoms with van der Waals surface area (Å²) in [5, 5.41) is 0. The molecule has 32 heavy (non-hydrogen) atoms. The first-order valence-electron chi connectivity index (χ1n) is 10.3. The molecule has 0 radical (unpaired) electrons. The van der Waals surface area contributed by atoms with E-state index in [1.165, 1.54) is 0 Å². The minimum atomic E-state index is -3.67. The van der Waals surface area contributed by atoms with Crippen LogP contribution >= 0.6 is 0 Å². The van der Waals surface area contributed by atoms with Crippen molar-refractivity contribution < 1.29 is 17.9 Å². The van der Waals surface area contributed by atoms with E-state index in [-0.39, 0.29) is 11.5 Å². The van der Waals surface area contributed by atoms with Gasteiger partial charge in [-0.25, -0.2) is 13.2 Å². The van der Waals surface area contributed by atoms with Crippen LogP contribution in [0.3, 0.4) is 0 Å². The predicted octanol–water partition coefficient (Wildman–Crippen LogP) is 4.96. The zero-order valence-electron chi connectivity index (χ0n) is 17.9. The fourth-order valence-electron chi connectivity index (χ4n) is 3.21. The summed E-state index contributed by atoms with van der Waals surface area (Å²) >= 11 is 0. The van der Waals surface area contributed by atoms with Crippen molar-refractivity contribution in [1.29, 1.82) is 0 Å². The number of hydrogen-bond acceptors (Lipinski definition) is 4. The number of ether oxygens (including phenoxy) is 1. The number of nitrogens with one attached hydrogen (secondary N) is 1. The maximum absolute atomic E-state index is 12.7. The summed E-state index contributed by atoms with van der Waals surface area (Å²) in [5.74, 6) is 2.04. The molecule has 0 atom stereocenters. The molecule has 0 aromatic heterocycles. The number of unbranched alkanes of at least 4 members (excludes halogenated alkanes) is 1. The number of benzene rings is 3. The molecule has 0 fully saturated rings. The number of carbonyl (C=O) groups is 1. The van der Waals surface area contributed by atoms with Crippen molar-refractivity contribution in [3.63, 3.8) is 0 Å². The number of rotatable bonds is 9. The zero-order valence-corrected chi connectivity index (χ0v) is 18.7. The topological polar surface area (TPSA) is 72.5 Å². The van der Waals surface area contributed by atoms with Crippen LogP contribution in [0.1, 0.15) is 39.9 Å². The Hall–Kier alpha value is -3.56. The van der Waals surface area contributed by atoms with Gasteiger partial charge in [0.25, 0.3) is 10.0 Å². The average molecular weight is 448 g/mol. The van der Waals surface area contributed by atoms with Crippen LogP contribution < -0.4 is 4.72 Å². The SMILES string of the molecule is C#Cc1ccccc1C(=O)OCCCCc1ccccc1NS(=O)(=O)c1ccc(C)cc1. The molecule has 0 aliphatic heterocycles. The fourth-order valence-corrected chi connectivity index (χ4v) is 4.31. The van der Waals surface area contributed by atoms with Crippen LogP contribution in [0.5, 0.6) is 0 Å². The van der Waals surface area contributed by atoms with Gasteiger partial charge in [-0.1, -0.05) is 53.9 Å². The van der Waals surface area contributed by atoms with E-state index in [0.717, 1.165) is 17.5 Å². The van der Waals surface area contributed by atoms with E-state index in [1.54, 1.807) is 60.7 Å². The molecule has 3 aromatic rings. The van der Waals surface area contributed by atoms with Gasteiger partial charge >= 0.3 is 5.97 Å². The average Bonchev–Trinajstić information content (AvgIpc) is 2.79. The van der Waals surface area contributed by atoms with Gasteiger partial charge in [-0.3, -0.25) is 4.72 Å². The van der Waals surface area contributed by atoms with Crippen molar-refractivity contribution >= 4 is 21.7 Å². The number of para-hydroxylation sites is 1. The van der Waals surface area contributed by atoms with Gasteiger partial charge in [-0.05, 0) is 62.1 Å². The first-order chi connectivity index (χ1) is 15.4.